The van der Waals surface area contributed by atoms with E-state index in [2.05, 4.69) is 25.9 Å². The number of anilines is 1. The number of amides is 2. The Morgan fingerprint density at radius 1 is 1.29 bits per heavy atom. The summed E-state index contributed by atoms with van der Waals surface area (Å²) in [6, 6.07) is 3.50. The SMILES string of the molecule is CCNC(=NCC(=O)Nc1cccnc1)NCC(=O)N1CCCC1. The summed E-state index contributed by atoms with van der Waals surface area (Å²) in [5, 5.41) is 8.71. The van der Waals surface area contributed by atoms with Gasteiger partial charge in [-0.3, -0.25) is 14.6 Å². The van der Waals surface area contributed by atoms with Gasteiger partial charge in [-0.1, -0.05) is 0 Å². The summed E-state index contributed by atoms with van der Waals surface area (Å²) in [6.07, 6.45) is 5.33. The highest BCUT2D eigenvalue weighted by Crippen LogP contribution is 2.06. The average molecular weight is 332 g/mol. The van der Waals surface area contributed by atoms with Crippen LogP contribution in [0.3, 0.4) is 0 Å². The number of nitrogens with zero attached hydrogens (tertiary/aromatic N) is 3. The fourth-order valence-electron chi connectivity index (χ4n) is 2.37. The van der Waals surface area contributed by atoms with Crippen molar-refractivity contribution in [2.24, 2.45) is 4.99 Å². The van der Waals surface area contributed by atoms with Gasteiger partial charge in [0.25, 0.3) is 0 Å². The second kappa shape index (κ2) is 9.49. The summed E-state index contributed by atoms with van der Waals surface area (Å²) in [7, 11) is 0. The Bertz CT molecular complexity index is 569. The predicted octanol–water partition coefficient (Wildman–Crippen LogP) is 0.198. The van der Waals surface area contributed by atoms with Crippen LogP contribution in [0.15, 0.2) is 29.5 Å². The number of hydrogen-bond acceptors (Lipinski definition) is 4. The minimum absolute atomic E-state index is 0.0396. The molecule has 2 rings (SSSR count). The zero-order valence-electron chi connectivity index (χ0n) is 13.9. The zero-order chi connectivity index (χ0) is 17.2. The van der Waals surface area contributed by atoms with Crippen molar-refractivity contribution in [1.29, 1.82) is 0 Å². The van der Waals surface area contributed by atoms with Crippen molar-refractivity contribution in [2.75, 3.05) is 38.0 Å². The molecule has 1 aliphatic rings. The van der Waals surface area contributed by atoms with Gasteiger partial charge in [0.15, 0.2) is 5.96 Å². The first-order chi connectivity index (χ1) is 11.7. The molecule has 1 saturated heterocycles. The lowest BCUT2D eigenvalue weighted by atomic mass is 10.4. The van der Waals surface area contributed by atoms with Gasteiger partial charge in [0.05, 0.1) is 18.4 Å². The van der Waals surface area contributed by atoms with Crippen LogP contribution < -0.4 is 16.0 Å². The summed E-state index contributed by atoms with van der Waals surface area (Å²) in [4.78, 5) is 33.9. The minimum Gasteiger partial charge on any atom is -0.357 e. The third-order valence-corrected chi connectivity index (χ3v) is 3.54. The Balaban J connectivity index is 1.80. The van der Waals surface area contributed by atoms with E-state index in [9.17, 15) is 9.59 Å². The third-order valence-electron chi connectivity index (χ3n) is 3.54. The molecule has 0 saturated carbocycles. The molecule has 0 radical (unpaired) electrons. The molecule has 8 heteroatoms. The van der Waals surface area contributed by atoms with Crippen LogP contribution in [0, 0.1) is 0 Å². The molecular weight excluding hydrogens is 308 g/mol. The normalized spacial score (nSPS) is 14.4. The van der Waals surface area contributed by atoms with E-state index < -0.39 is 0 Å². The Labute approximate surface area is 141 Å². The van der Waals surface area contributed by atoms with Gasteiger partial charge in [0.1, 0.15) is 6.54 Å². The van der Waals surface area contributed by atoms with Crippen LogP contribution in [-0.4, -0.2) is 60.4 Å². The van der Waals surface area contributed by atoms with Gasteiger partial charge in [-0.25, -0.2) is 4.99 Å². The van der Waals surface area contributed by atoms with E-state index in [1.165, 1.54) is 0 Å². The third kappa shape index (κ3) is 5.86. The fourth-order valence-corrected chi connectivity index (χ4v) is 2.37. The quantitative estimate of drug-likeness (QED) is 0.510. The number of carbonyl (C=O) groups is 2. The predicted molar refractivity (Wildman–Crippen MR) is 92.7 cm³/mol. The number of nitrogens with one attached hydrogen (secondary N) is 3. The average Bonchev–Trinajstić information content (AvgIpc) is 3.12. The summed E-state index contributed by atoms with van der Waals surface area (Å²) < 4.78 is 0. The highest BCUT2D eigenvalue weighted by atomic mass is 16.2. The van der Waals surface area contributed by atoms with Crippen molar-refractivity contribution in [2.45, 2.75) is 19.8 Å². The van der Waals surface area contributed by atoms with Crippen molar-refractivity contribution in [3.63, 3.8) is 0 Å². The molecule has 0 aromatic carbocycles. The van der Waals surface area contributed by atoms with Crippen LogP contribution in [0.25, 0.3) is 0 Å². The molecule has 3 N–H and O–H groups in total. The maximum atomic E-state index is 12.0. The molecule has 1 fully saturated rings. The number of aliphatic imine (C=N–C) groups is 1. The first-order valence-electron chi connectivity index (χ1n) is 8.19. The number of likely N-dealkylation sites (tertiary alicyclic amines) is 1. The van der Waals surface area contributed by atoms with Crippen LogP contribution in [-0.2, 0) is 9.59 Å². The molecule has 1 aromatic heterocycles. The van der Waals surface area contributed by atoms with E-state index in [0.29, 0.717) is 18.2 Å². The molecule has 2 amide bonds. The molecule has 8 nitrogen and oxygen atoms in total. The van der Waals surface area contributed by atoms with Crippen molar-refractivity contribution in [1.82, 2.24) is 20.5 Å². The van der Waals surface area contributed by atoms with Gasteiger partial charge in [0.2, 0.25) is 11.8 Å². The van der Waals surface area contributed by atoms with Crippen LogP contribution >= 0.6 is 0 Å². The number of rotatable bonds is 6. The van der Waals surface area contributed by atoms with Gasteiger partial charge in [0, 0.05) is 25.8 Å². The summed E-state index contributed by atoms with van der Waals surface area (Å²) in [6.45, 7) is 4.35. The Kier molecular flexibility index (Phi) is 7.00. The van der Waals surface area contributed by atoms with Gasteiger partial charge in [-0.2, -0.15) is 0 Å². The molecule has 24 heavy (non-hydrogen) atoms. The van der Waals surface area contributed by atoms with Gasteiger partial charge in [-0.15, -0.1) is 0 Å². The van der Waals surface area contributed by atoms with E-state index in [1.54, 1.807) is 24.5 Å². The number of carbonyl (C=O) groups excluding carboxylic acids is 2. The summed E-state index contributed by atoms with van der Waals surface area (Å²) in [5.41, 5.74) is 0.625. The molecule has 1 aromatic rings. The summed E-state index contributed by atoms with van der Waals surface area (Å²) >= 11 is 0. The second-order valence-electron chi connectivity index (χ2n) is 5.43. The maximum absolute atomic E-state index is 12.0. The zero-order valence-corrected chi connectivity index (χ0v) is 13.9. The number of hydrogen-bond donors (Lipinski definition) is 3. The molecule has 130 valence electrons. The van der Waals surface area contributed by atoms with E-state index >= 15 is 0 Å². The monoisotopic (exact) mass is 332 g/mol. The summed E-state index contributed by atoms with van der Waals surface area (Å²) in [5.74, 6) is 0.260. The van der Waals surface area contributed by atoms with Crippen LogP contribution in [0.4, 0.5) is 5.69 Å². The molecular formula is C16H24N6O2. The molecule has 0 bridgehead atoms. The van der Waals surface area contributed by atoms with E-state index in [-0.39, 0.29) is 24.9 Å². The number of pyridine rings is 1. The van der Waals surface area contributed by atoms with Gasteiger partial charge in [-0.05, 0) is 31.9 Å². The topological polar surface area (TPSA) is 98.7 Å². The van der Waals surface area contributed by atoms with Crippen LogP contribution in [0.5, 0.6) is 0 Å². The lowest BCUT2D eigenvalue weighted by Crippen LogP contribution is -2.44. The van der Waals surface area contributed by atoms with Crippen LogP contribution in [0.2, 0.25) is 0 Å². The number of aromatic nitrogens is 1. The minimum atomic E-state index is -0.244. The fraction of sp³-hybridized carbons (Fsp3) is 0.500. The largest absolute Gasteiger partial charge is 0.357 e. The van der Waals surface area contributed by atoms with Gasteiger partial charge < -0.3 is 20.9 Å². The Morgan fingerprint density at radius 2 is 2.08 bits per heavy atom. The van der Waals surface area contributed by atoms with E-state index in [4.69, 9.17) is 0 Å². The van der Waals surface area contributed by atoms with Crippen molar-refractivity contribution < 1.29 is 9.59 Å². The molecule has 0 unspecified atom stereocenters. The van der Waals surface area contributed by atoms with Gasteiger partial charge >= 0.3 is 0 Å². The molecule has 2 heterocycles. The smallest absolute Gasteiger partial charge is 0.246 e. The molecule has 0 atom stereocenters. The highest BCUT2D eigenvalue weighted by molar-refractivity contribution is 5.94. The first-order valence-corrected chi connectivity index (χ1v) is 8.19. The highest BCUT2D eigenvalue weighted by Gasteiger charge is 2.17. The maximum Gasteiger partial charge on any atom is 0.246 e. The van der Waals surface area contributed by atoms with Crippen molar-refractivity contribution >= 4 is 23.5 Å². The number of guanidine groups is 1. The van der Waals surface area contributed by atoms with E-state index in [1.807, 2.05) is 11.8 Å². The molecule has 0 spiro atoms. The Hall–Kier alpha value is -2.64. The first kappa shape index (κ1) is 17.7. The van der Waals surface area contributed by atoms with Crippen molar-refractivity contribution in [3.8, 4) is 0 Å². The van der Waals surface area contributed by atoms with Crippen molar-refractivity contribution in [3.05, 3.63) is 24.5 Å². The molecule has 1 aliphatic heterocycles. The molecule has 0 aliphatic carbocycles. The van der Waals surface area contributed by atoms with Crippen LogP contribution in [0.1, 0.15) is 19.8 Å². The second-order valence-corrected chi connectivity index (χ2v) is 5.43. The Morgan fingerprint density at radius 3 is 2.75 bits per heavy atom. The lowest BCUT2D eigenvalue weighted by Gasteiger charge is -2.17. The standard InChI is InChI=1S/C16H24N6O2/c1-2-18-16(20-12-15(24)22-8-3-4-9-22)19-11-14(23)21-13-6-5-7-17-10-13/h5-7,10H,2-4,8-9,11-12H2,1H3,(H,21,23)(H2,18,19,20). The lowest BCUT2D eigenvalue weighted by molar-refractivity contribution is -0.128. The van der Waals surface area contributed by atoms with E-state index in [0.717, 1.165) is 25.9 Å².